The van der Waals surface area contributed by atoms with Crippen LogP contribution in [0, 0.1) is 17.2 Å². The van der Waals surface area contributed by atoms with Crippen molar-refractivity contribution >= 4 is 12.4 Å². The van der Waals surface area contributed by atoms with Crippen LogP contribution in [0.15, 0.2) is 0 Å². The zero-order valence-electron chi connectivity index (χ0n) is 7.17. The van der Waals surface area contributed by atoms with Crippen LogP contribution >= 0.6 is 12.4 Å². The molecule has 1 rings (SSSR count). The summed E-state index contributed by atoms with van der Waals surface area (Å²) in [5, 5.41) is 8.45. The van der Waals surface area contributed by atoms with Gasteiger partial charge in [-0.3, -0.25) is 0 Å². The average molecular weight is 211 g/mol. The summed E-state index contributed by atoms with van der Waals surface area (Å²) in [6.07, 6.45) is 0.517. The van der Waals surface area contributed by atoms with Gasteiger partial charge in [-0.05, 0) is 18.8 Å². The van der Waals surface area contributed by atoms with Crippen LogP contribution in [0.3, 0.4) is 0 Å². The number of alkyl halides is 2. The Morgan fingerprint density at radius 3 is 2.23 bits per heavy atom. The van der Waals surface area contributed by atoms with Crippen molar-refractivity contribution in [3.8, 4) is 6.07 Å². The molecule has 0 heterocycles. The Bertz CT molecular complexity index is 193. The molecule has 0 unspecified atom stereocenters. The minimum Gasteiger partial charge on any atom is -0.316 e. The van der Waals surface area contributed by atoms with E-state index in [1.807, 2.05) is 6.07 Å². The predicted octanol–water partition coefficient (Wildman–Crippen LogP) is 2.08. The Morgan fingerprint density at radius 1 is 1.38 bits per heavy atom. The molecule has 1 aliphatic carbocycles. The fourth-order valence-corrected chi connectivity index (χ4v) is 1.53. The van der Waals surface area contributed by atoms with E-state index >= 15 is 0 Å². The van der Waals surface area contributed by atoms with E-state index in [9.17, 15) is 8.78 Å². The van der Waals surface area contributed by atoms with Crippen molar-refractivity contribution in [1.29, 1.82) is 5.26 Å². The van der Waals surface area contributed by atoms with Gasteiger partial charge in [-0.1, -0.05) is 0 Å². The maximum Gasteiger partial charge on any atom is 0.248 e. The van der Waals surface area contributed by atoms with Crippen LogP contribution < -0.4 is 5.73 Å². The number of nitrogens with zero attached hydrogens (tertiary/aromatic N) is 1. The van der Waals surface area contributed by atoms with E-state index in [0.29, 0.717) is 12.8 Å². The minimum atomic E-state index is -2.52. The van der Waals surface area contributed by atoms with Crippen molar-refractivity contribution in [2.45, 2.75) is 37.6 Å². The van der Waals surface area contributed by atoms with Gasteiger partial charge in [-0.25, -0.2) is 8.78 Å². The molecule has 0 saturated heterocycles. The van der Waals surface area contributed by atoms with E-state index < -0.39 is 12.0 Å². The zero-order chi connectivity index (χ0) is 9.19. The molecule has 76 valence electrons. The summed E-state index contributed by atoms with van der Waals surface area (Å²) >= 11 is 0. The van der Waals surface area contributed by atoms with Crippen LogP contribution in [0.25, 0.3) is 0 Å². The molecule has 1 aliphatic rings. The van der Waals surface area contributed by atoms with Gasteiger partial charge in [0, 0.05) is 12.8 Å². The molecule has 13 heavy (non-hydrogen) atoms. The highest BCUT2D eigenvalue weighted by Gasteiger charge is 2.36. The number of nitrogens with two attached hydrogens (primary N) is 1. The van der Waals surface area contributed by atoms with E-state index in [0.717, 1.165) is 0 Å². The van der Waals surface area contributed by atoms with E-state index in [4.69, 9.17) is 11.0 Å². The first kappa shape index (κ1) is 12.6. The molecule has 0 aliphatic heterocycles. The maximum absolute atomic E-state index is 12.6. The summed E-state index contributed by atoms with van der Waals surface area (Å²) in [7, 11) is 0. The van der Waals surface area contributed by atoms with Crippen molar-refractivity contribution in [2.24, 2.45) is 11.7 Å². The lowest BCUT2D eigenvalue weighted by molar-refractivity contribution is -0.0465. The second-order valence-corrected chi connectivity index (χ2v) is 3.35. The molecule has 0 aromatic carbocycles. The van der Waals surface area contributed by atoms with Gasteiger partial charge in [0.15, 0.2) is 0 Å². The van der Waals surface area contributed by atoms with Crippen molar-refractivity contribution in [1.82, 2.24) is 0 Å². The summed E-state index contributed by atoms with van der Waals surface area (Å²) < 4.78 is 25.2. The molecule has 1 fully saturated rings. The topological polar surface area (TPSA) is 49.8 Å². The van der Waals surface area contributed by atoms with Crippen LogP contribution in [0.5, 0.6) is 0 Å². The third-order valence-electron chi connectivity index (χ3n) is 2.42. The minimum absolute atomic E-state index is 0. The molecule has 0 radical (unpaired) electrons. The Balaban J connectivity index is 0.00000144. The van der Waals surface area contributed by atoms with E-state index in [1.165, 1.54) is 0 Å². The second kappa shape index (κ2) is 4.73. The molecule has 0 aromatic heterocycles. The Kier molecular flexibility index (Phi) is 4.58. The molecule has 0 amide bonds. The number of rotatable bonds is 1. The van der Waals surface area contributed by atoms with Crippen molar-refractivity contribution in [3.05, 3.63) is 0 Å². The van der Waals surface area contributed by atoms with Crippen LogP contribution in [0.4, 0.5) is 8.78 Å². The van der Waals surface area contributed by atoms with E-state index in [-0.39, 0.29) is 31.2 Å². The monoisotopic (exact) mass is 210 g/mol. The third-order valence-corrected chi connectivity index (χ3v) is 2.42. The maximum atomic E-state index is 12.6. The molecule has 0 aromatic rings. The predicted molar refractivity (Wildman–Crippen MR) is 47.7 cm³/mol. The molecular formula is C8H13ClF2N2. The molecule has 1 saturated carbocycles. The number of hydrogen-bond donors (Lipinski definition) is 1. The number of nitriles is 1. The fraction of sp³-hybridized carbons (Fsp3) is 0.875. The lowest BCUT2D eigenvalue weighted by atomic mass is 9.83. The summed E-state index contributed by atoms with van der Waals surface area (Å²) in [5.74, 6) is -2.55. The highest BCUT2D eigenvalue weighted by Crippen LogP contribution is 2.36. The molecule has 1 atom stereocenters. The van der Waals surface area contributed by atoms with Gasteiger partial charge in [0.05, 0.1) is 12.1 Å². The van der Waals surface area contributed by atoms with E-state index in [1.54, 1.807) is 0 Å². The highest BCUT2D eigenvalue weighted by atomic mass is 35.5. The summed E-state index contributed by atoms with van der Waals surface area (Å²) in [6.45, 7) is 0. The summed E-state index contributed by atoms with van der Waals surface area (Å²) in [4.78, 5) is 0. The van der Waals surface area contributed by atoms with Crippen LogP contribution in [-0.4, -0.2) is 12.0 Å². The molecular weight excluding hydrogens is 198 g/mol. The summed E-state index contributed by atoms with van der Waals surface area (Å²) in [5.41, 5.74) is 5.43. The van der Waals surface area contributed by atoms with Gasteiger partial charge < -0.3 is 5.73 Å². The van der Waals surface area contributed by atoms with Gasteiger partial charge in [0.2, 0.25) is 5.92 Å². The lowest BCUT2D eigenvalue weighted by Gasteiger charge is -2.29. The van der Waals surface area contributed by atoms with Crippen molar-refractivity contribution < 1.29 is 8.78 Å². The molecule has 0 bridgehead atoms. The molecule has 2 N–H and O–H groups in total. The average Bonchev–Trinajstić information content (AvgIpc) is 2.03. The molecule has 2 nitrogen and oxygen atoms in total. The first-order valence-corrected chi connectivity index (χ1v) is 4.08. The zero-order valence-corrected chi connectivity index (χ0v) is 7.99. The van der Waals surface area contributed by atoms with Crippen LogP contribution in [0.2, 0.25) is 0 Å². The van der Waals surface area contributed by atoms with Gasteiger partial charge in [0.1, 0.15) is 0 Å². The number of halogens is 3. The van der Waals surface area contributed by atoms with Gasteiger partial charge >= 0.3 is 0 Å². The first-order valence-electron chi connectivity index (χ1n) is 4.08. The van der Waals surface area contributed by atoms with Gasteiger partial charge in [-0.15, -0.1) is 12.4 Å². The largest absolute Gasteiger partial charge is 0.316 e. The Hall–Kier alpha value is -0.400. The fourth-order valence-electron chi connectivity index (χ4n) is 1.53. The van der Waals surface area contributed by atoms with Gasteiger partial charge in [-0.2, -0.15) is 5.26 Å². The smallest absolute Gasteiger partial charge is 0.248 e. The standard InChI is InChI=1S/C8H12F2N2.ClH/c9-8(10)3-1-6(2-4-8)7(12)5-11;/h6-7H,1-4,12H2;1H/t7-;/m1./s1. The molecule has 5 heteroatoms. The molecule has 0 spiro atoms. The van der Waals surface area contributed by atoms with Crippen LogP contribution in [0.1, 0.15) is 25.7 Å². The quantitative estimate of drug-likeness (QED) is 0.721. The SMILES string of the molecule is Cl.N#C[C@@H](N)C1CCC(F)(F)CC1. The van der Waals surface area contributed by atoms with Crippen LogP contribution in [-0.2, 0) is 0 Å². The van der Waals surface area contributed by atoms with Gasteiger partial charge in [0.25, 0.3) is 0 Å². The second-order valence-electron chi connectivity index (χ2n) is 3.35. The van der Waals surface area contributed by atoms with Crippen molar-refractivity contribution in [2.75, 3.05) is 0 Å². The Morgan fingerprint density at radius 2 is 1.85 bits per heavy atom. The van der Waals surface area contributed by atoms with Crippen molar-refractivity contribution in [3.63, 3.8) is 0 Å². The third kappa shape index (κ3) is 3.45. The number of hydrogen-bond acceptors (Lipinski definition) is 2. The lowest BCUT2D eigenvalue weighted by Crippen LogP contribution is -2.35. The normalized spacial score (nSPS) is 24.2. The summed E-state index contributed by atoms with van der Waals surface area (Å²) in [6, 6.07) is 1.33. The first-order chi connectivity index (χ1) is 5.55. The highest BCUT2D eigenvalue weighted by molar-refractivity contribution is 5.85. The Labute approximate surface area is 82.5 Å². The van der Waals surface area contributed by atoms with E-state index in [2.05, 4.69) is 0 Å².